The number of hydrogen-bond acceptors (Lipinski definition) is 0. The van der Waals surface area contributed by atoms with Gasteiger partial charge in [-0.25, -0.2) is 0 Å². The van der Waals surface area contributed by atoms with E-state index >= 15 is 0 Å². The first kappa shape index (κ1) is 14.6. The second-order valence-corrected chi connectivity index (χ2v) is 6.27. The van der Waals surface area contributed by atoms with Crippen molar-refractivity contribution in [3.63, 3.8) is 0 Å². The van der Waals surface area contributed by atoms with Gasteiger partial charge in [0.05, 0.1) is 11.8 Å². The molecule has 4 aromatic rings. The number of allylic oxidation sites excluding steroid dienone is 1. The molecular weight excluding hydrogens is 290 g/mol. The molecular formula is C23H20N+. The maximum Gasteiger partial charge on any atom is 0.225 e. The summed E-state index contributed by atoms with van der Waals surface area (Å²) < 4.78 is 2.24. The van der Waals surface area contributed by atoms with Crippen LogP contribution in [0.15, 0.2) is 85.6 Å². The molecule has 0 aliphatic heterocycles. The first-order valence-corrected chi connectivity index (χ1v) is 8.29. The standard InChI is InChI=1S/C23H20N/c1-17-8-3-4-10-21(17)16-18(2)24-15-7-11-20-14-13-19-9-5-6-12-22(19)23(20)24/h3-15H,2,16H2,1H3/q+1. The van der Waals surface area contributed by atoms with Crippen molar-refractivity contribution in [1.82, 2.24) is 0 Å². The molecule has 0 N–H and O–H groups in total. The summed E-state index contributed by atoms with van der Waals surface area (Å²) in [5.41, 5.74) is 4.96. The number of rotatable bonds is 3. The molecule has 1 nitrogen and oxygen atoms in total. The summed E-state index contributed by atoms with van der Waals surface area (Å²) in [6.07, 6.45) is 2.97. The fraction of sp³-hybridized carbons (Fsp3) is 0.0870. The highest BCUT2D eigenvalue weighted by molar-refractivity contribution is 6.03. The van der Waals surface area contributed by atoms with Crippen LogP contribution in [0.5, 0.6) is 0 Å². The van der Waals surface area contributed by atoms with Gasteiger partial charge in [-0.3, -0.25) is 0 Å². The molecule has 1 aromatic heterocycles. The van der Waals surface area contributed by atoms with Crippen molar-refractivity contribution in [2.75, 3.05) is 0 Å². The normalized spacial score (nSPS) is 11.0. The van der Waals surface area contributed by atoms with Crippen molar-refractivity contribution in [2.45, 2.75) is 13.3 Å². The lowest BCUT2D eigenvalue weighted by Gasteiger charge is -2.08. The van der Waals surface area contributed by atoms with Crippen LogP contribution >= 0.6 is 0 Å². The van der Waals surface area contributed by atoms with Crippen LogP contribution in [-0.2, 0) is 6.42 Å². The Morgan fingerprint density at radius 2 is 1.54 bits per heavy atom. The largest absolute Gasteiger partial charge is 0.225 e. The molecule has 0 radical (unpaired) electrons. The van der Waals surface area contributed by atoms with Crippen LogP contribution in [0, 0.1) is 6.92 Å². The Hall–Kier alpha value is -2.93. The van der Waals surface area contributed by atoms with E-state index in [0.717, 1.165) is 12.1 Å². The van der Waals surface area contributed by atoms with Crippen molar-refractivity contribution in [1.29, 1.82) is 0 Å². The second kappa shape index (κ2) is 5.93. The second-order valence-electron chi connectivity index (χ2n) is 6.27. The fourth-order valence-corrected chi connectivity index (χ4v) is 3.36. The van der Waals surface area contributed by atoms with Crippen molar-refractivity contribution in [2.24, 2.45) is 0 Å². The van der Waals surface area contributed by atoms with Crippen LogP contribution in [0.2, 0.25) is 0 Å². The van der Waals surface area contributed by atoms with E-state index in [2.05, 4.69) is 97.1 Å². The Morgan fingerprint density at radius 3 is 2.42 bits per heavy atom. The van der Waals surface area contributed by atoms with E-state index in [1.54, 1.807) is 0 Å². The summed E-state index contributed by atoms with van der Waals surface area (Å²) >= 11 is 0. The third-order valence-electron chi connectivity index (χ3n) is 4.68. The van der Waals surface area contributed by atoms with Crippen molar-refractivity contribution < 1.29 is 4.57 Å². The van der Waals surface area contributed by atoms with E-state index in [9.17, 15) is 0 Å². The summed E-state index contributed by atoms with van der Waals surface area (Å²) in [5.74, 6) is 0. The molecule has 0 bridgehead atoms. The van der Waals surface area contributed by atoms with Gasteiger partial charge < -0.3 is 0 Å². The lowest BCUT2D eigenvalue weighted by molar-refractivity contribution is -0.552. The first-order valence-electron chi connectivity index (χ1n) is 8.29. The SMILES string of the molecule is C=C(Cc1ccccc1C)[n+]1cccc2ccc3ccccc3c21. The van der Waals surface area contributed by atoms with Gasteiger partial charge in [0, 0.05) is 11.5 Å². The van der Waals surface area contributed by atoms with Gasteiger partial charge in [-0.05, 0) is 48.2 Å². The summed E-state index contributed by atoms with van der Waals surface area (Å²) in [6, 6.07) is 25.7. The zero-order chi connectivity index (χ0) is 16.5. The summed E-state index contributed by atoms with van der Waals surface area (Å²) in [4.78, 5) is 0. The average Bonchev–Trinajstić information content (AvgIpc) is 2.63. The average molecular weight is 310 g/mol. The summed E-state index contributed by atoms with van der Waals surface area (Å²) in [6.45, 7) is 6.54. The molecule has 0 amide bonds. The molecule has 1 heteroatoms. The van der Waals surface area contributed by atoms with Crippen molar-refractivity contribution >= 4 is 27.4 Å². The van der Waals surface area contributed by atoms with E-state index < -0.39 is 0 Å². The topological polar surface area (TPSA) is 3.88 Å². The monoisotopic (exact) mass is 310 g/mol. The third-order valence-corrected chi connectivity index (χ3v) is 4.68. The predicted octanol–water partition coefficient (Wildman–Crippen LogP) is 5.30. The molecule has 0 saturated heterocycles. The fourth-order valence-electron chi connectivity index (χ4n) is 3.36. The number of nitrogens with zero attached hydrogens (tertiary/aromatic N) is 1. The Labute approximate surface area is 142 Å². The van der Waals surface area contributed by atoms with E-state index in [1.165, 1.54) is 32.8 Å². The van der Waals surface area contributed by atoms with Gasteiger partial charge in [0.2, 0.25) is 5.52 Å². The minimum Gasteiger partial charge on any atom is -0.164 e. The highest BCUT2D eigenvalue weighted by atomic mass is 15.0. The van der Waals surface area contributed by atoms with E-state index in [-0.39, 0.29) is 0 Å². The van der Waals surface area contributed by atoms with E-state index in [1.807, 2.05) is 0 Å². The van der Waals surface area contributed by atoms with Crippen molar-refractivity contribution in [3.05, 3.63) is 96.7 Å². The molecule has 0 spiro atoms. The molecule has 0 aliphatic carbocycles. The minimum absolute atomic E-state index is 0.847. The molecule has 0 atom stereocenters. The highest BCUT2D eigenvalue weighted by Crippen LogP contribution is 2.23. The summed E-state index contributed by atoms with van der Waals surface area (Å²) in [5, 5.41) is 3.76. The van der Waals surface area contributed by atoms with Gasteiger partial charge in [0.15, 0.2) is 11.9 Å². The van der Waals surface area contributed by atoms with Gasteiger partial charge >= 0.3 is 0 Å². The molecule has 1 heterocycles. The quantitative estimate of drug-likeness (QED) is 0.357. The first-order chi connectivity index (χ1) is 11.7. The van der Waals surface area contributed by atoms with E-state index in [0.29, 0.717) is 0 Å². The van der Waals surface area contributed by atoms with Gasteiger partial charge in [0.25, 0.3) is 0 Å². The molecule has 4 rings (SSSR count). The molecule has 0 saturated carbocycles. The van der Waals surface area contributed by atoms with Crippen LogP contribution < -0.4 is 4.57 Å². The van der Waals surface area contributed by atoms with Gasteiger partial charge in [-0.15, -0.1) is 0 Å². The number of aromatic nitrogens is 1. The van der Waals surface area contributed by atoms with Crippen LogP contribution in [0.1, 0.15) is 11.1 Å². The number of aryl methyl sites for hydroxylation is 1. The number of fused-ring (bicyclic) bond motifs is 3. The smallest absolute Gasteiger partial charge is 0.164 e. The lowest BCUT2D eigenvalue weighted by atomic mass is 10.0. The zero-order valence-electron chi connectivity index (χ0n) is 13.9. The molecule has 0 fully saturated rings. The van der Waals surface area contributed by atoms with E-state index in [4.69, 9.17) is 0 Å². The van der Waals surface area contributed by atoms with Crippen LogP contribution in [0.3, 0.4) is 0 Å². The predicted molar refractivity (Wildman–Crippen MR) is 102 cm³/mol. The Balaban J connectivity index is 1.88. The molecule has 3 aromatic carbocycles. The van der Waals surface area contributed by atoms with Gasteiger partial charge in [-0.2, -0.15) is 4.57 Å². The molecule has 0 unspecified atom stereocenters. The number of benzene rings is 3. The highest BCUT2D eigenvalue weighted by Gasteiger charge is 2.16. The maximum absolute atomic E-state index is 4.38. The Kier molecular flexibility index (Phi) is 3.62. The summed E-state index contributed by atoms with van der Waals surface area (Å²) in [7, 11) is 0. The van der Waals surface area contributed by atoms with Crippen LogP contribution in [-0.4, -0.2) is 0 Å². The zero-order valence-corrected chi connectivity index (χ0v) is 13.9. The lowest BCUT2D eigenvalue weighted by Crippen LogP contribution is -2.33. The number of hydrogen-bond donors (Lipinski definition) is 0. The van der Waals surface area contributed by atoms with Crippen LogP contribution in [0.4, 0.5) is 0 Å². The number of pyridine rings is 1. The Bertz CT molecular complexity index is 1060. The maximum atomic E-state index is 4.38. The molecule has 0 aliphatic rings. The van der Waals surface area contributed by atoms with Gasteiger partial charge in [-0.1, -0.05) is 48.5 Å². The molecule has 116 valence electrons. The van der Waals surface area contributed by atoms with Crippen LogP contribution in [0.25, 0.3) is 27.4 Å². The Morgan fingerprint density at radius 1 is 0.833 bits per heavy atom. The molecule has 24 heavy (non-hydrogen) atoms. The third kappa shape index (κ3) is 2.48. The van der Waals surface area contributed by atoms with Crippen molar-refractivity contribution in [3.8, 4) is 0 Å². The van der Waals surface area contributed by atoms with Gasteiger partial charge in [0.1, 0.15) is 0 Å². The minimum atomic E-state index is 0.847.